The van der Waals surface area contributed by atoms with Crippen molar-refractivity contribution in [1.82, 2.24) is 9.55 Å². The number of hydrogen-bond acceptors (Lipinski definition) is 0. The minimum Gasteiger partial charge on any atom is -0.359 e. The Kier molecular flexibility index (Phi) is 7.03. The average molecular weight is 689 g/mol. The number of aromatic nitrogens is 2. The van der Waals surface area contributed by atoms with Crippen molar-refractivity contribution in [1.29, 1.82) is 0 Å². The molecule has 2 aromatic heterocycles. The number of nitrogens with zero attached hydrogens (tertiary/aromatic N) is 1. The molecule has 11 rings (SSSR count). The van der Waals surface area contributed by atoms with Crippen molar-refractivity contribution in [3.05, 3.63) is 193 Å². The highest BCUT2D eigenvalue weighted by Gasteiger charge is 2.22. The van der Waals surface area contributed by atoms with Crippen molar-refractivity contribution in [3.8, 4) is 50.2 Å². The lowest BCUT2D eigenvalue weighted by molar-refractivity contribution is 0.991. The number of hydrogen-bond donors (Lipinski definition) is 1. The summed E-state index contributed by atoms with van der Waals surface area (Å²) in [6, 6.07) is 62.5. The number of benzene rings is 8. The van der Waals surface area contributed by atoms with Crippen LogP contribution >= 0.6 is 0 Å². The first kappa shape index (κ1) is 30.7. The third-order valence-electron chi connectivity index (χ3n) is 11.5. The second-order valence-electron chi connectivity index (χ2n) is 14.5. The molecule has 0 bridgehead atoms. The van der Waals surface area contributed by atoms with Gasteiger partial charge in [-0.25, -0.2) is 0 Å². The van der Waals surface area contributed by atoms with Crippen LogP contribution in [0.3, 0.4) is 0 Å². The van der Waals surface area contributed by atoms with Crippen LogP contribution in [-0.2, 0) is 6.42 Å². The largest absolute Gasteiger partial charge is 0.359 e. The Balaban J connectivity index is 0.996. The fourth-order valence-electron chi connectivity index (χ4n) is 8.91. The Morgan fingerprint density at radius 2 is 1.06 bits per heavy atom. The predicted molar refractivity (Wildman–Crippen MR) is 229 cm³/mol. The first-order valence-electron chi connectivity index (χ1n) is 18.9. The van der Waals surface area contributed by atoms with Crippen LogP contribution in [0.5, 0.6) is 0 Å². The van der Waals surface area contributed by atoms with Gasteiger partial charge in [0.05, 0.1) is 16.6 Å². The molecule has 2 nitrogen and oxygen atoms in total. The summed E-state index contributed by atoms with van der Waals surface area (Å²) in [6.07, 6.45) is 8.83. The molecule has 0 radical (unpaired) electrons. The molecule has 1 aliphatic carbocycles. The van der Waals surface area contributed by atoms with E-state index >= 15 is 0 Å². The van der Waals surface area contributed by atoms with Gasteiger partial charge < -0.3 is 9.55 Å². The monoisotopic (exact) mass is 688 g/mol. The van der Waals surface area contributed by atoms with Gasteiger partial charge in [0.2, 0.25) is 0 Å². The van der Waals surface area contributed by atoms with Crippen molar-refractivity contribution >= 4 is 49.6 Å². The van der Waals surface area contributed by atoms with Crippen molar-refractivity contribution in [2.75, 3.05) is 0 Å². The fraction of sp³-hybridized carbons (Fsp3) is 0.0385. The first-order chi connectivity index (χ1) is 26.8. The van der Waals surface area contributed by atoms with E-state index in [0.717, 1.165) is 12.8 Å². The number of fused-ring (bicyclic) bond motifs is 6. The Morgan fingerprint density at radius 3 is 1.83 bits per heavy atom. The van der Waals surface area contributed by atoms with Gasteiger partial charge in [0.15, 0.2) is 0 Å². The zero-order valence-electron chi connectivity index (χ0n) is 29.8. The van der Waals surface area contributed by atoms with Crippen LogP contribution in [0.1, 0.15) is 17.5 Å². The van der Waals surface area contributed by atoms with Crippen molar-refractivity contribution in [3.63, 3.8) is 0 Å². The van der Waals surface area contributed by atoms with E-state index in [9.17, 15) is 0 Å². The Labute approximate surface area is 314 Å². The number of rotatable bonds is 5. The molecular weight excluding hydrogens is 653 g/mol. The van der Waals surface area contributed by atoms with Crippen LogP contribution < -0.4 is 0 Å². The van der Waals surface area contributed by atoms with E-state index in [4.69, 9.17) is 0 Å². The summed E-state index contributed by atoms with van der Waals surface area (Å²) in [5.74, 6) is 0. The summed E-state index contributed by atoms with van der Waals surface area (Å²) in [6.45, 7) is 0. The number of allylic oxidation sites excluding steroid dienone is 1. The molecule has 0 fully saturated rings. The standard InChI is InChI=1S/C52H36N2/c1-2-12-42(13-3-1)54-48-29-28-41(33-47(48)52-49(54)30-31-53-52)36-20-25-38(26-21-36)51-45-16-8-6-14-43(45)50(44-15-7-9-17-46(44)51)37-23-18-35(19-24-37)40-27-22-34-10-4-5-11-39(34)32-40/h1-6,8-14,16-33,53H,7,15H2. The smallest absolute Gasteiger partial charge is 0.0720 e. The first-order valence-corrected chi connectivity index (χ1v) is 18.9. The predicted octanol–water partition coefficient (Wildman–Crippen LogP) is 14.0. The topological polar surface area (TPSA) is 20.7 Å². The number of H-pyrrole nitrogens is 1. The zero-order valence-corrected chi connectivity index (χ0v) is 29.8. The van der Waals surface area contributed by atoms with Gasteiger partial charge in [-0.1, -0.05) is 146 Å². The van der Waals surface area contributed by atoms with Gasteiger partial charge in [-0.3, -0.25) is 0 Å². The Bertz CT molecular complexity index is 3070. The van der Waals surface area contributed by atoms with Gasteiger partial charge in [0, 0.05) is 17.3 Å². The third-order valence-corrected chi connectivity index (χ3v) is 11.5. The van der Waals surface area contributed by atoms with Gasteiger partial charge in [0.1, 0.15) is 0 Å². The van der Waals surface area contributed by atoms with Crippen LogP contribution in [0.2, 0.25) is 0 Å². The maximum atomic E-state index is 3.51. The lowest BCUT2D eigenvalue weighted by Crippen LogP contribution is -2.02. The molecule has 0 spiro atoms. The second kappa shape index (κ2) is 12.4. The number of aromatic amines is 1. The summed E-state index contributed by atoms with van der Waals surface area (Å²) < 4.78 is 2.35. The molecular formula is C52H36N2. The third kappa shape index (κ3) is 4.88. The van der Waals surface area contributed by atoms with Crippen molar-refractivity contribution < 1.29 is 0 Å². The van der Waals surface area contributed by atoms with Gasteiger partial charge in [-0.05, 0) is 126 Å². The molecule has 2 heteroatoms. The lowest BCUT2D eigenvalue weighted by Gasteiger charge is -2.24. The van der Waals surface area contributed by atoms with Crippen molar-refractivity contribution in [2.45, 2.75) is 12.8 Å². The Hall–Kier alpha value is -6.90. The number of nitrogens with one attached hydrogen (secondary N) is 1. The van der Waals surface area contributed by atoms with E-state index in [1.54, 1.807) is 0 Å². The molecule has 0 aliphatic heterocycles. The van der Waals surface area contributed by atoms with Gasteiger partial charge >= 0.3 is 0 Å². The molecule has 8 aromatic carbocycles. The van der Waals surface area contributed by atoms with Crippen LogP contribution in [0.25, 0.3) is 99.8 Å². The highest BCUT2D eigenvalue weighted by atomic mass is 15.0. The maximum Gasteiger partial charge on any atom is 0.0720 e. The van der Waals surface area contributed by atoms with Crippen LogP contribution in [0.4, 0.5) is 0 Å². The fourth-order valence-corrected chi connectivity index (χ4v) is 8.91. The zero-order chi connectivity index (χ0) is 35.6. The van der Waals surface area contributed by atoms with E-state index in [2.05, 4.69) is 192 Å². The molecule has 54 heavy (non-hydrogen) atoms. The number of para-hydroxylation sites is 1. The average Bonchev–Trinajstić information content (AvgIpc) is 3.84. The maximum absolute atomic E-state index is 3.51. The molecule has 0 amide bonds. The molecule has 0 atom stereocenters. The normalized spacial score (nSPS) is 12.6. The summed E-state index contributed by atoms with van der Waals surface area (Å²) in [5, 5.41) is 6.38. The minimum atomic E-state index is 1.03. The van der Waals surface area contributed by atoms with E-state index in [-0.39, 0.29) is 0 Å². The minimum absolute atomic E-state index is 1.03. The summed E-state index contributed by atoms with van der Waals surface area (Å²) in [5.41, 5.74) is 17.6. The molecule has 0 unspecified atom stereocenters. The summed E-state index contributed by atoms with van der Waals surface area (Å²) in [7, 11) is 0. The van der Waals surface area contributed by atoms with Crippen molar-refractivity contribution in [2.24, 2.45) is 0 Å². The lowest BCUT2D eigenvalue weighted by atomic mass is 9.80. The Morgan fingerprint density at radius 1 is 0.444 bits per heavy atom. The molecule has 1 N–H and O–H groups in total. The molecule has 1 aliphatic rings. The van der Waals surface area contributed by atoms with E-state index in [0.29, 0.717) is 0 Å². The van der Waals surface area contributed by atoms with E-state index < -0.39 is 0 Å². The quantitative estimate of drug-likeness (QED) is 0.186. The summed E-state index contributed by atoms with van der Waals surface area (Å²) in [4.78, 5) is 3.51. The van der Waals surface area contributed by atoms with Gasteiger partial charge in [-0.15, -0.1) is 0 Å². The van der Waals surface area contributed by atoms with Crippen LogP contribution in [-0.4, -0.2) is 9.55 Å². The second-order valence-corrected chi connectivity index (χ2v) is 14.5. The van der Waals surface area contributed by atoms with Gasteiger partial charge in [-0.2, -0.15) is 0 Å². The highest BCUT2D eigenvalue weighted by Crippen LogP contribution is 2.45. The van der Waals surface area contributed by atoms with E-state index in [1.807, 2.05) is 6.20 Å². The van der Waals surface area contributed by atoms with Gasteiger partial charge in [0.25, 0.3) is 0 Å². The van der Waals surface area contributed by atoms with Crippen LogP contribution in [0, 0.1) is 0 Å². The molecule has 0 saturated carbocycles. The van der Waals surface area contributed by atoms with Crippen LogP contribution in [0.15, 0.2) is 182 Å². The summed E-state index contributed by atoms with van der Waals surface area (Å²) >= 11 is 0. The molecule has 10 aromatic rings. The molecule has 254 valence electrons. The molecule has 2 heterocycles. The highest BCUT2D eigenvalue weighted by molar-refractivity contribution is 6.11. The molecule has 0 saturated heterocycles. The van der Waals surface area contributed by atoms with E-state index in [1.165, 1.54) is 105 Å². The SMILES string of the molecule is C1=Cc2c(c(-c3ccc(-c4ccc5ccccc5c4)cc3)c3ccccc3c2-c2ccc(-c3ccc4c(c3)c3[nH]ccc3n4-c3ccccc3)cc2)CC1.